The van der Waals surface area contributed by atoms with E-state index in [9.17, 15) is 0 Å². The lowest BCUT2D eigenvalue weighted by Crippen LogP contribution is -2.20. The van der Waals surface area contributed by atoms with Gasteiger partial charge < -0.3 is 14.7 Å². The van der Waals surface area contributed by atoms with Gasteiger partial charge >= 0.3 is 7.32 Å². The number of halogens is 1. The predicted molar refractivity (Wildman–Crippen MR) is 47.0 cm³/mol. The first-order valence-corrected chi connectivity index (χ1v) is 3.76. The fourth-order valence-electron chi connectivity index (χ4n) is 0.859. The minimum Gasteiger partial charge on any atom is -0.512 e. The van der Waals surface area contributed by atoms with E-state index in [1.165, 1.54) is 0 Å². The lowest BCUT2D eigenvalue weighted by molar-refractivity contribution is 0.287. The number of aryl methyl sites for hydroxylation is 1. The molecule has 1 rings (SSSR count). The van der Waals surface area contributed by atoms with Crippen molar-refractivity contribution in [2.75, 3.05) is 0 Å². The van der Waals surface area contributed by atoms with Crippen LogP contribution in [-0.4, -0.2) is 17.4 Å². The quantitative estimate of drug-likeness (QED) is 0.678. The van der Waals surface area contributed by atoms with Crippen molar-refractivity contribution in [3.63, 3.8) is 0 Å². The third kappa shape index (κ3) is 2.41. The van der Waals surface area contributed by atoms with E-state index < -0.39 is 7.32 Å². The Morgan fingerprint density at radius 3 is 2.58 bits per heavy atom. The van der Waals surface area contributed by atoms with Crippen LogP contribution in [0, 0.1) is 6.92 Å². The molecule has 0 amide bonds. The first-order chi connectivity index (χ1) is 5.59. The van der Waals surface area contributed by atoms with E-state index in [0.29, 0.717) is 10.8 Å². The molecule has 0 saturated heterocycles. The fourth-order valence-corrected chi connectivity index (χ4v) is 1.09. The Bertz CT molecular complexity index is 277. The molecule has 12 heavy (non-hydrogen) atoms. The predicted octanol–water partition coefficient (Wildman–Crippen LogP) is 0.997. The molecule has 3 nitrogen and oxygen atoms in total. The van der Waals surface area contributed by atoms with Crippen molar-refractivity contribution in [2.45, 2.75) is 6.92 Å². The minimum absolute atomic E-state index is 0.411. The van der Waals surface area contributed by atoms with Gasteiger partial charge in [-0.2, -0.15) is 0 Å². The summed E-state index contributed by atoms with van der Waals surface area (Å²) in [7, 11) is -1.79. The molecule has 1 aromatic rings. The minimum atomic E-state index is -1.79. The molecule has 5 heteroatoms. The second-order valence-electron chi connectivity index (χ2n) is 2.35. The summed E-state index contributed by atoms with van der Waals surface area (Å²) >= 11 is 5.67. The van der Waals surface area contributed by atoms with Crippen molar-refractivity contribution in [1.82, 2.24) is 0 Å². The summed E-state index contributed by atoms with van der Waals surface area (Å²) in [6, 6.07) is 4.88. The van der Waals surface area contributed by atoms with Gasteiger partial charge in [0, 0.05) is 5.02 Å². The van der Waals surface area contributed by atoms with E-state index in [1.807, 2.05) is 0 Å². The van der Waals surface area contributed by atoms with Crippen LogP contribution in [0.25, 0.3) is 0 Å². The summed E-state index contributed by atoms with van der Waals surface area (Å²) in [5.41, 5.74) is 0.760. The third-order valence-electron chi connectivity index (χ3n) is 1.37. The molecule has 2 N–H and O–H groups in total. The normalized spacial score (nSPS) is 9.67. The third-order valence-corrected chi connectivity index (χ3v) is 1.60. The lowest BCUT2D eigenvalue weighted by Gasteiger charge is -2.07. The van der Waals surface area contributed by atoms with Crippen LogP contribution < -0.4 is 4.65 Å². The molecule has 64 valence electrons. The largest absolute Gasteiger partial charge is 0.707 e. The summed E-state index contributed by atoms with van der Waals surface area (Å²) in [5.74, 6) is 0.411. The van der Waals surface area contributed by atoms with Crippen LogP contribution in [0.1, 0.15) is 5.56 Å². The monoisotopic (exact) mass is 186 g/mol. The highest BCUT2D eigenvalue weighted by Gasteiger charge is 2.12. The summed E-state index contributed by atoms with van der Waals surface area (Å²) < 4.78 is 4.65. The molecule has 0 spiro atoms. The smallest absolute Gasteiger partial charge is 0.512 e. The number of hydrogen-bond acceptors (Lipinski definition) is 3. The van der Waals surface area contributed by atoms with Gasteiger partial charge in [0.1, 0.15) is 5.75 Å². The molecule has 1 aromatic carbocycles. The highest BCUT2D eigenvalue weighted by Crippen LogP contribution is 2.21. The Hall–Kier alpha value is -0.705. The van der Waals surface area contributed by atoms with Crippen molar-refractivity contribution >= 4 is 18.9 Å². The summed E-state index contributed by atoms with van der Waals surface area (Å²) in [6.45, 7) is 1.77. The van der Waals surface area contributed by atoms with Crippen LogP contribution in [0.15, 0.2) is 18.2 Å². The summed E-state index contributed by atoms with van der Waals surface area (Å²) in [6.07, 6.45) is 0. The van der Waals surface area contributed by atoms with Crippen LogP contribution in [0.2, 0.25) is 5.02 Å². The molecule has 0 radical (unpaired) electrons. The molecular weight excluding hydrogens is 178 g/mol. The highest BCUT2D eigenvalue weighted by molar-refractivity contribution is 6.34. The van der Waals surface area contributed by atoms with Crippen LogP contribution in [0.3, 0.4) is 0 Å². The Balaban J connectivity index is 2.86. The first-order valence-electron chi connectivity index (χ1n) is 3.38. The Morgan fingerprint density at radius 1 is 1.42 bits per heavy atom. The number of benzene rings is 1. The van der Waals surface area contributed by atoms with E-state index in [2.05, 4.69) is 4.65 Å². The number of rotatable bonds is 2. The summed E-state index contributed by atoms with van der Waals surface area (Å²) in [4.78, 5) is 0. The molecule has 0 aromatic heterocycles. The fraction of sp³-hybridized carbons (Fsp3) is 0.143. The SMILES string of the molecule is Cc1cc(Cl)ccc1OB(O)O. The molecule has 0 heterocycles. The first kappa shape index (κ1) is 9.38. The highest BCUT2D eigenvalue weighted by atomic mass is 35.5. The van der Waals surface area contributed by atoms with E-state index in [1.54, 1.807) is 25.1 Å². The molecule has 0 atom stereocenters. The Kier molecular flexibility index (Phi) is 2.97. The second-order valence-corrected chi connectivity index (χ2v) is 2.79. The number of hydrogen-bond donors (Lipinski definition) is 2. The average Bonchev–Trinajstić information content (AvgIpc) is 1.94. The van der Waals surface area contributed by atoms with Crippen LogP contribution >= 0.6 is 11.6 Å². The van der Waals surface area contributed by atoms with Gasteiger partial charge in [-0.1, -0.05) is 11.6 Å². The second kappa shape index (κ2) is 3.80. The van der Waals surface area contributed by atoms with Gasteiger partial charge in [0.25, 0.3) is 0 Å². The maximum atomic E-state index is 8.50. The van der Waals surface area contributed by atoms with Gasteiger partial charge in [0.05, 0.1) is 0 Å². The molecule has 0 aliphatic heterocycles. The van der Waals surface area contributed by atoms with Gasteiger partial charge in [-0.15, -0.1) is 0 Å². The Morgan fingerprint density at radius 2 is 2.08 bits per heavy atom. The van der Waals surface area contributed by atoms with E-state index >= 15 is 0 Å². The average molecular weight is 186 g/mol. The molecule has 0 aliphatic carbocycles. The maximum Gasteiger partial charge on any atom is 0.707 e. The molecule has 0 bridgehead atoms. The molecule has 0 unspecified atom stereocenters. The van der Waals surface area contributed by atoms with Gasteiger partial charge in [-0.25, -0.2) is 0 Å². The Labute approximate surface area is 75.7 Å². The van der Waals surface area contributed by atoms with E-state index in [4.69, 9.17) is 21.6 Å². The molecular formula is C7H8BClO3. The maximum absolute atomic E-state index is 8.50. The van der Waals surface area contributed by atoms with Crippen molar-refractivity contribution in [3.8, 4) is 5.75 Å². The van der Waals surface area contributed by atoms with Crippen LogP contribution in [-0.2, 0) is 0 Å². The molecule has 0 saturated carbocycles. The van der Waals surface area contributed by atoms with Gasteiger partial charge in [-0.05, 0) is 30.7 Å². The van der Waals surface area contributed by atoms with Gasteiger partial charge in [0.15, 0.2) is 0 Å². The summed E-state index contributed by atoms with van der Waals surface area (Å²) in [5, 5.41) is 17.6. The van der Waals surface area contributed by atoms with Crippen LogP contribution in [0.5, 0.6) is 5.75 Å². The zero-order valence-corrected chi connectivity index (χ0v) is 7.25. The zero-order chi connectivity index (χ0) is 9.14. The van der Waals surface area contributed by atoms with E-state index in [-0.39, 0.29) is 0 Å². The van der Waals surface area contributed by atoms with Crippen molar-refractivity contribution in [2.24, 2.45) is 0 Å². The standard InChI is InChI=1S/C7H8BClO3/c1-5-4-6(9)2-3-7(5)12-8(10)11/h2-4,10-11H,1H3. The molecule has 0 aliphatic rings. The van der Waals surface area contributed by atoms with Crippen LogP contribution in [0.4, 0.5) is 0 Å². The molecule has 0 fully saturated rings. The topological polar surface area (TPSA) is 49.7 Å². The van der Waals surface area contributed by atoms with Crippen molar-refractivity contribution in [3.05, 3.63) is 28.8 Å². The van der Waals surface area contributed by atoms with Gasteiger partial charge in [-0.3, -0.25) is 0 Å². The van der Waals surface area contributed by atoms with Gasteiger partial charge in [0.2, 0.25) is 0 Å². The van der Waals surface area contributed by atoms with Crippen molar-refractivity contribution in [1.29, 1.82) is 0 Å². The van der Waals surface area contributed by atoms with E-state index in [0.717, 1.165) is 5.56 Å². The zero-order valence-electron chi connectivity index (χ0n) is 6.49. The lowest BCUT2D eigenvalue weighted by atomic mass is 10.2. The van der Waals surface area contributed by atoms with Crippen molar-refractivity contribution < 1.29 is 14.7 Å².